The molecule has 0 saturated heterocycles. The van der Waals surface area contributed by atoms with Crippen molar-refractivity contribution in [2.24, 2.45) is 0 Å². The lowest BCUT2D eigenvalue weighted by molar-refractivity contribution is 1.13. The van der Waals surface area contributed by atoms with Crippen molar-refractivity contribution in [3.63, 3.8) is 0 Å². The molecule has 0 spiro atoms. The molecule has 160 valence electrons. The van der Waals surface area contributed by atoms with Crippen molar-refractivity contribution in [2.45, 2.75) is 47.8 Å². The van der Waals surface area contributed by atoms with Gasteiger partial charge in [0.25, 0.3) is 0 Å². The van der Waals surface area contributed by atoms with E-state index in [0.29, 0.717) is 0 Å². The van der Waals surface area contributed by atoms with Crippen molar-refractivity contribution < 1.29 is 0 Å². The molecule has 2 aromatic carbocycles. The van der Waals surface area contributed by atoms with E-state index in [1.54, 1.807) is 0 Å². The van der Waals surface area contributed by atoms with Gasteiger partial charge in [-0.15, -0.1) is 23.5 Å². The molecule has 5 heteroatoms. The molecule has 0 radical (unpaired) electrons. The van der Waals surface area contributed by atoms with Gasteiger partial charge in [0.05, 0.1) is 8.07 Å². The fourth-order valence-corrected chi connectivity index (χ4v) is 15.8. The lowest BCUT2D eigenvalue weighted by Gasteiger charge is -2.32. The highest BCUT2D eigenvalue weighted by Crippen LogP contribution is 2.34. The smallest absolute Gasteiger partial charge is 0.0568 e. The van der Waals surface area contributed by atoms with Crippen LogP contribution < -0.4 is 0 Å². The summed E-state index contributed by atoms with van der Waals surface area (Å²) in [7, 11) is -1.26. The van der Waals surface area contributed by atoms with Crippen molar-refractivity contribution >= 4 is 55.1 Å². The minimum atomic E-state index is -1.26. The zero-order valence-corrected chi connectivity index (χ0v) is 22.7. The minimum Gasteiger partial charge on any atom is -0.166 e. The molecule has 2 rings (SSSR count). The summed E-state index contributed by atoms with van der Waals surface area (Å²) in [4.78, 5) is 2.88. The van der Waals surface area contributed by atoms with Gasteiger partial charge in [0.15, 0.2) is 0 Å². The molecule has 0 N–H and O–H groups in total. The summed E-state index contributed by atoms with van der Waals surface area (Å²) in [5, 5.41) is 0. The van der Waals surface area contributed by atoms with E-state index >= 15 is 0 Å². The van der Waals surface area contributed by atoms with Crippen molar-refractivity contribution in [3.8, 4) is 0 Å². The standard InChI is InChI=1S/C24H36S4Si/c1-21-7-5-9-23(19-21)27-13-17-29(15-11-25-3,16-12-26-4)18-14-28-24-10-6-8-22(2)20-24/h5-10,19-20H,11-18H2,1-4H3. The molecule has 0 atom stereocenters. The SMILES string of the molecule is CSCC[Si](CCSC)(CCSc1cccc(C)c1)CCSc1cccc(C)c1. The molecule has 0 nitrogen and oxygen atoms in total. The van der Waals surface area contributed by atoms with Crippen molar-refractivity contribution in [3.05, 3.63) is 59.7 Å². The fourth-order valence-electron chi connectivity index (χ4n) is 3.57. The Kier molecular flexibility index (Phi) is 12.4. The van der Waals surface area contributed by atoms with E-state index in [1.165, 1.54) is 68.1 Å². The highest BCUT2D eigenvalue weighted by atomic mass is 32.2. The predicted octanol–water partition coefficient (Wildman–Crippen LogP) is 8.36. The zero-order valence-electron chi connectivity index (χ0n) is 18.4. The van der Waals surface area contributed by atoms with Crippen LogP contribution in [0.25, 0.3) is 0 Å². The van der Waals surface area contributed by atoms with Gasteiger partial charge in [-0.05, 0) is 97.8 Å². The zero-order chi connectivity index (χ0) is 21.0. The van der Waals surface area contributed by atoms with Crippen molar-refractivity contribution in [1.29, 1.82) is 0 Å². The van der Waals surface area contributed by atoms with Gasteiger partial charge in [0.2, 0.25) is 0 Å². The van der Waals surface area contributed by atoms with E-state index in [0.717, 1.165) is 0 Å². The first-order valence-corrected chi connectivity index (χ1v) is 18.0. The summed E-state index contributed by atoms with van der Waals surface area (Å²) in [5.41, 5.74) is 2.75. The second kappa shape index (κ2) is 14.2. The number of hydrogen-bond donors (Lipinski definition) is 0. The van der Waals surface area contributed by atoms with Gasteiger partial charge < -0.3 is 0 Å². The first-order chi connectivity index (χ1) is 14.1. The van der Waals surface area contributed by atoms with Gasteiger partial charge in [-0.1, -0.05) is 35.4 Å². The van der Waals surface area contributed by atoms with Crippen LogP contribution in [-0.2, 0) is 0 Å². The Morgan fingerprint density at radius 2 is 1.03 bits per heavy atom. The lowest BCUT2D eigenvalue weighted by Crippen LogP contribution is -2.36. The monoisotopic (exact) mass is 480 g/mol. The molecule has 0 aliphatic rings. The number of aryl methyl sites for hydroxylation is 2. The molecular weight excluding hydrogens is 445 g/mol. The van der Waals surface area contributed by atoms with Crippen LogP contribution in [0.1, 0.15) is 11.1 Å². The second-order valence-electron chi connectivity index (χ2n) is 7.82. The molecule has 29 heavy (non-hydrogen) atoms. The molecule has 0 unspecified atom stereocenters. The molecule has 2 aromatic rings. The Morgan fingerprint density at radius 3 is 1.41 bits per heavy atom. The van der Waals surface area contributed by atoms with E-state index in [1.807, 2.05) is 23.5 Å². The maximum absolute atomic E-state index is 2.34. The van der Waals surface area contributed by atoms with Crippen LogP contribution >= 0.6 is 47.0 Å². The molecule has 0 aliphatic heterocycles. The van der Waals surface area contributed by atoms with Crippen LogP contribution in [0.5, 0.6) is 0 Å². The fraction of sp³-hybridized carbons (Fsp3) is 0.500. The largest absolute Gasteiger partial charge is 0.166 e. The summed E-state index contributed by atoms with van der Waals surface area (Å²) in [6, 6.07) is 23.9. The lowest BCUT2D eigenvalue weighted by atomic mass is 10.2. The van der Waals surface area contributed by atoms with Gasteiger partial charge in [0, 0.05) is 9.79 Å². The number of hydrogen-bond acceptors (Lipinski definition) is 4. The molecule has 0 bridgehead atoms. The predicted molar refractivity (Wildman–Crippen MR) is 146 cm³/mol. The number of rotatable bonds is 14. The first kappa shape index (κ1) is 25.3. The quantitative estimate of drug-likeness (QED) is 0.197. The second-order valence-corrected chi connectivity index (χ2v) is 17.1. The Balaban J connectivity index is 1.99. The van der Waals surface area contributed by atoms with Gasteiger partial charge in [-0.25, -0.2) is 0 Å². The minimum absolute atomic E-state index is 1.26. The van der Waals surface area contributed by atoms with E-state index in [-0.39, 0.29) is 0 Å². The van der Waals surface area contributed by atoms with E-state index < -0.39 is 8.07 Å². The average Bonchev–Trinajstić information content (AvgIpc) is 2.71. The number of benzene rings is 2. The summed E-state index contributed by atoms with van der Waals surface area (Å²) >= 11 is 8.23. The molecule has 0 amide bonds. The summed E-state index contributed by atoms with van der Waals surface area (Å²) in [6.45, 7) is 4.39. The molecule has 0 fully saturated rings. The van der Waals surface area contributed by atoms with Crippen LogP contribution in [0.2, 0.25) is 24.2 Å². The van der Waals surface area contributed by atoms with Crippen molar-refractivity contribution in [2.75, 3.05) is 35.5 Å². The summed E-state index contributed by atoms with van der Waals surface area (Å²) < 4.78 is 0. The van der Waals surface area contributed by atoms with E-state index in [9.17, 15) is 0 Å². The molecular formula is C24H36S4Si. The van der Waals surface area contributed by atoms with Crippen LogP contribution in [0.3, 0.4) is 0 Å². The Morgan fingerprint density at radius 1 is 0.621 bits per heavy atom. The Hall–Kier alpha value is 0.0569. The van der Waals surface area contributed by atoms with Gasteiger partial charge in [0.1, 0.15) is 0 Å². The molecule has 0 aromatic heterocycles. The Bertz CT molecular complexity index is 658. The Labute approximate surface area is 197 Å². The van der Waals surface area contributed by atoms with Crippen LogP contribution in [0.4, 0.5) is 0 Å². The molecule has 0 aliphatic carbocycles. The third-order valence-electron chi connectivity index (χ3n) is 5.45. The van der Waals surface area contributed by atoms with E-state index in [2.05, 4.69) is 98.4 Å². The number of thioether (sulfide) groups is 4. The highest BCUT2D eigenvalue weighted by Gasteiger charge is 2.31. The normalized spacial score (nSPS) is 11.7. The third-order valence-corrected chi connectivity index (χ3v) is 15.4. The van der Waals surface area contributed by atoms with Gasteiger partial charge >= 0.3 is 0 Å². The maximum Gasteiger partial charge on any atom is 0.0568 e. The molecule has 0 heterocycles. The van der Waals surface area contributed by atoms with Crippen molar-refractivity contribution in [1.82, 2.24) is 0 Å². The summed E-state index contributed by atoms with van der Waals surface area (Å²) in [6.07, 6.45) is 4.55. The molecule has 0 saturated carbocycles. The van der Waals surface area contributed by atoms with E-state index in [4.69, 9.17) is 0 Å². The first-order valence-electron chi connectivity index (χ1n) is 10.4. The van der Waals surface area contributed by atoms with Crippen LogP contribution in [0, 0.1) is 13.8 Å². The van der Waals surface area contributed by atoms with Gasteiger partial charge in [-0.2, -0.15) is 23.5 Å². The summed E-state index contributed by atoms with van der Waals surface area (Å²) in [5.74, 6) is 5.25. The van der Waals surface area contributed by atoms with Crippen LogP contribution in [0.15, 0.2) is 58.3 Å². The third kappa shape index (κ3) is 9.81. The topological polar surface area (TPSA) is 0 Å². The van der Waals surface area contributed by atoms with Crippen LogP contribution in [-0.4, -0.2) is 43.6 Å². The highest BCUT2D eigenvalue weighted by molar-refractivity contribution is 8.00. The average molecular weight is 481 g/mol. The van der Waals surface area contributed by atoms with Gasteiger partial charge in [-0.3, -0.25) is 0 Å². The maximum atomic E-state index is 2.34.